The van der Waals surface area contributed by atoms with Crippen molar-refractivity contribution in [2.24, 2.45) is 0 Å². The molecular weight excluding hydrogens is 558 g/mol. The molecular formula is C12H7Br2N4O3RbS2. The van der Waals surface area contributed by atoms with Crippen molar-refractivity contribution < 1.29 is 73.2 Å². The van der Waals surface area contributed by atoms with E-state index in [9.17, 15) is 9.90 Å². The summed E-state index contributed by atoms with van der Waals surface area (Å²) in [6.07, 6.45) is 6.81. The molecule has 0 aliphatic carbocycles. The van der Waals surface area contributed by atoms with Gasteiger partial charge in [0.25, 0.3) is 0 Å². The summed E-state index contributed by atoms with van der Waals surface area (Å²) in [7, 11) is 0. The molecule has 0 amide bonds. The number of carbonyl (C=O) groups is 1. The predicted octanol–water partition coefficient (Wildman–Crippen LogP) is -0.824. The second-order valence-corrected chi connectivity index (χ2v) is 9.05. The van der Waals surface area contributed by atoms with Gasteiger partial charge in [-0.1, -0.05) is 0 Å². The fraction of sp³-hybridized carbons (Fsp3) is 0.0833. The minimum Gasteiger partial charge on any atom is -0.543 e. The number of aromatic nitrogens is 4. The molecule has 7 nitrogen and oxygen atoms in total. The minimum atomic E-state index is -1.24. The molecule has 4 aromatic rings. The number of hydrogen-bond acceptors (Lipinski definition) is 7. The third-order valence-corrected chi connectivity index (χ3v) is 6.00. The van der Waals surface area contributed by atoms with E-state index >= 15 is 0 Å². The van der Waals surface area contributed by atoms with E-state index in [0.29, 0.717) is 4.83 Å². The van der Waals surface area contributed by atoms with Crippen molar-refractivity contribution >= 4 is 70.2 Å². The Morgan fingerprint density at radius 1 is 1.12 bits per heavy atom. The van der Waals surface area contributed by atoms with E-state index < -0.39 is 5.97 Å². The van der Waals surface area contributed by atoms with Crippen LogP contribution in [0.3, 0.4) is 0 Å². The number of fused-ring (bicyclic) bond motifs is 2. The molecule has 0 radical (unpaired) electrons. The molecule has 12 heteroatoms. The summed E-state index contributed by atoms with van der Waals surface area (Å²) in [6, 6.07) is 0. The fourth-order valence-electron chi connectivity index (χ4n) is 1.84. The molecule has 0 aliphatic rings. The molecule has 4 aromatic heterocycles. The van der Waals surface area contributed by atoms with Crippen LogP contribution in [0.4, 0.5) is 0 Å². The summed E-state index contributed by atoms with van der Waals surface area (Å²) in [5, 5.41) is 19.3. The number of thiazole rings is 2. The van der Waals surface area contributed by atoms with E-state index in [-0.39, 0.29) is 70.5 Å². The van der Waals surface area contributed by atoms with Crippen LogP contribution in [0.15, 0.2) is 32.6 Å². The van der Waals surface area contributed by atoms with E-state index in [1.54, 1.807) is 28.3 Å². The Bertz CT molecular complexity index is 993. The average Bonchev–Trinajstić information content (AvgIpc) is 3.18. The van der Waals surface area contributed by atoms with Gasteiger partial charge in [0.1, 0.15) is 33.7 Å². The van der Waals surface area contributed by atoms with Crippen molar-refractivity contribution in [1.82, 2.24) is 18.8 Å². The monoisotopic (exact) mass is 562 g/mol. The molecule has 4 heterocycles. The SMILES string of the molecule is O=C([O-])c1ncn2cc(Br)sc12.OCc1ncn2cc(Br)sc12.[Rb+]. The molecule has 0 spiro atoms. The second-order valence-electron chi connectivity index (χ2n) is 4.23. The van der Waals surface area contributed by atoms with Crippen molar-refractivity contribution in [3.8, 4) is 0 Å². The zero-order valence-electron chi connectivity index (χ0n) is 12.1. The number of carboxylic acids is 1. The van der Waals surface area contributed by atoms with Crippen LogP contribution in [-0.4, -0.2) is 29.8 Å². The zero-order chi connectivity index (χ0) is 16.6. The number of rotatable bonds is 2. The summed E-state index contributed by atoms with van der Waals surface area (Å²) in [5.41, 5.74) is 0.728. The van der Waals surface area contributed by atoms with E-state index in [2.05, 4.69) is 41.8 Å². The maximum absolute atomic E-state index is 10.5. The number of halogens is 2. The van der Waals surface area contributed by atoms with E-state index in [1.165, 1.54) is 17.7 Å². The molecule has 0 aromatic carbocycles. The first-order chi connectivity index (χ1) is 11.0. The normalized spacial score (nSPS) is 10.5. The Kier molecular flexibility index (Phi) is 7.78. The summed E-state index contributed by atoms with van der Waals surface area (Å²) in [4.78, 5) is 19.8. The van der Waals surface area contributed by atoms with Crippen molar-refractivity contribution in [3.05, 3.63) is 44.0 Å². The molecule has 0 unspecified atom stereocenters. The first-order valence-electron chi connectivity index (χ1n) is 6.04. The number of aromatic carboxylic acids is 1. The molecule has 0 saturated heterocycles. The Morgan fingerprint density at radius 2 is 1.67 bits per heavy atom. The van der Waals surface area contributed by atoms with Gasteiger partial charge in [-0.2, -0.15) is 0 Å². The number of aliphatic hydroxyl groups is 1. The van der Waals surface area contributed by atoms with Crippen molar-refractivity contribution in [2.45, 2.75) is 6.61 Å². The second kappa shape index (κ2) is 8.95. The van der Waals surface area contributed by atoms with Gasteiger partial charge in [0.2, 0.25) is 0 Å². The Hall–Kier alpha value is 0.535. The van der Waals surface area contributed by atoms with Gasteiger partial charge in [-0.05, 0) is 31.9 Å². The molecule has 0 saturated carbocycles. The van der Waals surface area contributed by atoms with E-state index in [1.807, 2.05) is 10.6 Å². The largest absolute Gasteiger partial charge is 1.00 e. The maximum atomic E-state index is 10.5. The third-order valence-electron chi connectivity index (χ3n) is 2.78. The summed E-state index contributed by atoms with van der Waals surface area (Å²) < 4.78 is 5.44. The van der Waals surface area contributed by atoms with Crippen molar-refractivity contribution in [1.29, 1.82) is 0 Å². The van der Waals surface area contributed by atoms with E-state index in [4.69, 9.17) is 5.11 Å². The van der Waals surface area contributed by atoms with Gasteiger partial charge in [0.15, 0.2) is 0 Å². The van der Waals surface area contributed by atoms with Crippen LogP contribution in [0, 0.1) is 0 Å². The van der Waals surface area contributed by atoms with Crippen molar-refractivity contribution in [3.63, 3.8) is 0 Å². The van der Waals surface area contributed by atoms with Gasteiger partial charge in [0.05, 0.1) is 20.1 Å². The number of nitrogens with zero attached hydrogens (tertiary/aromatic N) is 4. The van der Waals surface area contributed by atoms with Crippen molar-refractivity contribution in [2.75, 3.05) is 0 Å². The third kappa shape index (κ3) is 4.44. The smallest absolute Gasteiger partial charge is 0.543 e. The van der Waals surface area contributed by atoms with Crippen LogP contribution in [0.2, 0.25) is 0 Å². The van der Waals surface area contributed by atoms with Crippen LogP contribution >= 0.6 is 54.5 Å². The van der Waals surface area contributed by atoms with Gasteiger partial charge < -0.3 is 15.0 Å². The quantitative estimate of drug-likeness (QED) is 0.343. The van der Waals surface area contributed by atoms with Crippen LogP contribution in [0.25, 0.3) is 9.66 Å². The topological polar surface area (TPSA) is 95.0 Å². The Morgan fingerprint density at radius 3 is 2.25 bits per heavy atom. The number of carboxylic acid groups (broad SMARTS) is 1. The van der Waals surface area contributed by atoms with Crippen LogP contribution < -0.4 is 63.3 Å². The fourth-order valence-corrected chi connectivity index (χ4v) is 4.78. The van der Waals surface area contributed by atoms with Gasteiger partial charge in [-0.3, -0.25) is 8.80 Å². The van der Waals surface area contributed by atoms with Gasteiger partial charge >= 0.3 is 58.2 Å². The predicted molar refractivity (Wildman–Crippen MR) is 91.8 cm³/mol. The minimum absolute atomic E-state index is 0. The van der Waals surface area contributed by atoms with E-state index in [0.717, 1.165) is 18.1 Å². The summed E-state index contributed by atoms with van der Waals surface area (Å²) in [5.74, 6) is -1.24. The molecule has 0 bridgehead atoms. The molecule has 0 fully saturated rings. The number of imidazole rings is 2. The summed E-state index contributed by atoms with van der Waals surface area (Å²) >= 11 is 9.48. The van der Waals surface area contributed by atoms with Crippen LogP contribution in [0.1, 0.15) is 16.2 Å². The Labute approximate surface area is 209 Å². The van der Waals surface area contributed by atoms with Gasteiger partial charge in [-0.25, -0.2) is 9.97 Å². The maximum Gasteiger partial charge on any atom is 1.00 e. The first kappa shape index (κ1) is 20.8. The van der Waals surface area contributed by atoms with Gasteiger partial charge in [-0.15, -0.1) is 22.7 Å². The molecule has 0 aliphatic heterocycles. The first-order valence-corrected chi connectivity index (χ1v) is 9.26. The van der Waals surface area contributed by atoms with Crippen LogP contribution in [-0.2, 0) is 6.61 Å². The Balaban J connectivity index is 0.000000167. The zero-order valence-corrected chi connectivity index (χ0v) is 21.9. The van der Waals surface area contributed by atoms with Gasteiger partial charge in [0, 0.05) is 12.4 Å². The molecule has 4 rings (SSSR count). The molecule has 24 heavy (non-hydrogen) atoms. The summed E-state index contributed by atoms with van der Waals surface area (Å²) in [6.45, 7) is 0.00343. The number of hydrogen-bond donors (Lipinski definition) is 1. The molecule has 0 atom stereocenters. The average molecular weight is 565 g/mol. The number of carbonyl (C=O) groups excluding carboxylic acids is 1. The molecule has 120 valence electrons. The van der Waals surface area contributed by atoms with Crippen LogP contribution in [0.5, 0.6) is 0 Å². The molecule has 1 N–H and O–H groups in total. The number of aliphatic hydroxyl groups excluding tert-OH is 1. The standard InChI is InChI=1S/C6H3BrN2O2S.C6H5BrN2OS.Rb/c7-3-1-9-2-8-4(6(10)11)5(9)12-3;7-5-1-9-3-8-4(2-10)6(9)11-5;/h1-2H,(H,10,11);1,3,10H,2H2;/q;;+1/p-1.